The molecule has 1 atom stereocenters. The molecular formula is C28H25BrN2O6S. The number of ether oxygens (including phenoxy) is 4. The number of terminal acetylenes is 1. The van der Waals surface area contributed by atoms with Crippen LogP contribution in [0, 0.1) is 12.3 Å². The molecule has 1 aliphatic rings. The summed E-state index contributed by atoms with van der Waals surface area (Å²) in [6.07, 6.45) is 7.09. The molecule has 2 aromatic carbocycles. The van der Waals surface area contributed by atoms with E-state index in [0.717, 1.165) is 0 Å². The van der Waals surface area contributed by atoms with Crippen LogP contribution in [0.25, 0.3) is 6.08 Å². The first-order chi connectivity index (χ1) is 18.3. The molecule has 0 N–H and O–H groups in total. The summed E-state index contributed by atoms with van der Waals surface area (Å²) < 4.78 is 24.5. The number of para-hydroxylation sites is 1. The third kappa shape index (κ3) is 5.12. The van der Waals surface area contributed by atoms with Crippen molar-refractivity contribution in [2.45, 2.75) is 19.9 Å². The average molecular weight is 597 g/mol. The van der Waals surface area contributed by atoms with Crippen molar-refractivity contribution < 1.29 is 23.7 Å². The van der Waals surface area contributed by atoms with Gasteiger partial charge in [-0.05, 0) is 43.7 Å². The molecule has 0 radical (unpaired) electrons. The number of carbonyl (C=O) groups excluding carboxylic acids is 1. The van der Waals surface area contributed by atoms with Crippen LogP contribution in [0.1, 0.15) is 31.0 Å². The zero-order valence-electron chi connectivity index (χ0n) is 21.2. The number of esters is 1. The predicted molar refractivity (Wildman–Crippen MR) is 148 cm³/mol. The lowest BCUT2D eigenvalue weighted by atomic mass is 9.95. The molecule has 2 heterocycles. The Kier molecular flexibility index (Phi) is 8.39. The summed E-state index contributed by atoms with van der Waals surface area (Å²) in [6, 6.07) is 9.95. The zero-order valence-corrected chi connectivity index (χ0v) is 23.6. The summed E-state index contributed by atoms with van der Waals surface area (Å²) in [4.78, 5) is 32.2. The Labute approximate surface area is 232 Å². The SMILES string of the molecule is C#CCOc1ccccc1/C=c1\sc2n(c1=O)[C@@H](c1cc(OC)c(OC)cc1Br)C(C(=O)OCC)=C(C)N=2. The third-order valence-corrected chi connectivity index (χ3v) is 7.50. The number of carbonyl (C=O) groups is 1. The van der Waals surface area contributed by atoms with E-state index >= 15 is 0 Å². The quantitative estimate of drug-likeness (QED) is 0.292. The van der Waals surface area contributed by atoms with Gasteiger partial charge in [-0.2, -0.15) is 0 Å². The van der Waals surface area contributed by atoms with E-state index in [1.807, 2.05) is 18.2 Å². The number of aromatic nitrogens is 1. The van der Waals surface area contributed by atoms with Crippen LogP contribution in [0.15, 0.2) is 61.9 Å². The van der Waals surface area contributed by atoms with E-state index in [1.54, 1.807) is 38.1 Å². The molecule has 0 aliphatic carbocycles. The fourth-order valence-corrected chi connectivity index (χ4v) is 5.73. The number of hydrogen-bond donors (Lipinski definition) is 0. The molecule has 1 aromatic heterocycles. The van der Waals surface area contributed by atoms with E-state index in [4.69, 9.17) is 25.4 Å². The van der Waals surface area contributed by atoms with Gasteiger partial charge in [0.25, 0.3) is 5.56 Å². The number of rotatable bonds is 8. The zero-order chi connectivity index (χ0) is 27.4. The standard InChI is InChI=1S/C28H25BrN2O6S/c1-6-12-37-20-11-9-8-10-17(20)13-23-26(32)31-25(18-14-21(34-4)22(35-5)15-19(18)29)24(27(33)36-7-2)16(3)30-28(31)38-23/h1,8-11,13-15,25H,7,12H2,2-5H3/b23-13-/t25-/m0/s1. The molecule has 10 heteroatoms. The minimum absolute atomic E-state index is 0.0987. The second-order valence-electron chi connectivity index (χ2n) is 8.06. The topological polar surface area (TPSA) is 88.3 Å². The van der Waals surface area contributed by atoms with Crippen molar-refractivity contribution in [3.8, 4) is 29.6 Å². The molecular weight excluding hydrogens is 572 g/mol. The molecule has 0 spiro atoms. The molecule has 8 nitrogen and oxygen atoms in total. The number of hydrogen-bond acceptors (Lipinski definition) is 8. The molecule has 0 bridgehead atoms. The Bertz CT molecular complexity index is 1650. The lowest BCUT2D eigenvalue weighted by Gasteiger charge is -2.26. The normalized spacial score (nSPS) is 14.8. The van der Waals surface area contributed by atoms with Gasteiger partial charge in [-0.1, -0.05) is 51.4 Å². The molecule has 3 aromatic rings. The number of methoxy groups -OCH3 is 2. The van der Waals surface area contributed by atoms with Crippen LogP contribution in [-0.4, -0.2) is 38.0 Å². The van der Waals surface area contributed by atoms with Crippen molar-refractivity contribution in [1.29, 1.82) is 0 Å². The van der Waals surface area contributed by atoms with E-state index < -0.39 is 12.0 Å². The Morgan fingerprint density at radius 2 is 1.92 bits per heavy atom. The van der Waals surface area contributed by atoms with Crippen LogP contribution in [0.5, 0.6) is 17.2 Å². The van der Waals surface area contributed by atoms with Gasteiger partial charge in [0, 0.05) is 10.0 Å². The van der Waals surface area contributed by atoms with Gasteiger partial charge in [-0.25, -0.2) is 9.79 Å². The number of fused-ring (bicyclic) bond motifs is 1. The van der Waals surface area contributed by atoms with Crippen molar-refractivity contribution >= 4 is 39.3 Å². The highest BCUT2D eigenvalue weighted by molar-refractivity contribution is 9.10. The summed E-state index contributed by atoms with van der Waals surface area (Å²) in [5, 5.41) is 0. The number of halogens is 1. The second kappa shape index (κ2) is 11.7. The van der Waals surface area contributed by atoms with E-state index in [2.05, 4.69) is 26.8 Å². The second-order valence-corrected chi connectivity index (χ2v) is 9.93. The number of nitrogens with zero attached hydrogens (tertiary/aromatic N) is 2. The molecule has 0 saturated carbocycles. The van der Waals surface area contributed by atoms with E-state index in [9.17, 15) is 9.59 Å². The van der Waals surface area contributed by atoms with Gasteiger partial charge < -0.3 is 18.9 Å². The van der Waals surface area contributed by atoms with E-state index in [0.29, 0.717) is 47.9 Å². The highest BCUT2D eigenvalue weighted by Gasteiger charge is 2.35. The average Bonchev–Trinajstić information content (AvgIpc) is 3.21. The van der Waals surface area contributed by atoms with Gasteiger partial charge in [0.2, 0.25) is 0 Å². The van der Waals surface area contributed by atoms with Gasteiger partial charge >= 0.3 is 5.97 Å². The molecule has 196 valence electrons. The molecule has 0 unspecified atom stereocenters. The smallest absolute Gasteiger partial charge is 0.338 e. The van der Waals surface area contributed by atoms with Gasteiger partial charge in [-0.15, -0.1) is 6.42 Å². The van der Waals surface area contributed by atoms with Gasteiger partial charge in [0.1, 0.15) is 12.4 Å². The summed E-state index contributed by atoms with van der Waals surface area (Å²) >= 11 is 4.82. The number of thiazole rings is 1. The summed E-state index contributed by atoms with van der Waals surface area (Å²) in [5.41, 5.74) is 1.71. The molecule has 4 rings (SSSR count). The highest BCUT2D eigenvalue weighted by atomic mass is 79.9. The van der Waals surface area contributed by atoms with E-state index in [1.165, 1.54) is 30.1 Å². The Hall–Kier alpha value is -3.81. The van der Waals surface area contributed by atoms with Crippen LogP contribution in [-0.2, 0) is 9.53 Å². The first-order valence-corrected chi connectivity index (χ1v) is 13.2. The number of allylic oxidation sites excluding steroid dienone is 1. The summed E-state index contributed by atoms with van der Waals surface area (Å²) in [6.45, 7) is 3.73. The predicted octanol–water partition coefficient (Wildman–Crippen LogP) is 3.59. The lowest BCUT2D eigenvalue weighted by molar-refractivity contribution is -0.139. The minimum atomic E-state index is -0.824. The van der Waals surface area contributed by atoms with Gasteiger partial charge in [-0.3, -0.25) is 9.36 Å². The van der Waals surface area contributed by atoms with Crippen molar-refractivity contribution in [2.75, 3.05) is 27.4 Å². The maximum Gasteiger partial charge on any atom is 0.338 e. The first kappa shape index (κ1) is 27.2. The van der Waals surface area contributed by atoms with Crippen LogP contribution in [0.2, 0.25) is 0 Å². The van der Waals surface area contributed by atoms with Gasteiger partial charge in [0.15, 0.2) is 16.3 Å². The number of benzene rings is 2. The van der Waals surface area contributed by atoms with E-state index in [-0.39, 0.29) is 24.3 Å². The van der Waals surface area contributed by atoms with Crippen LogP contribution in [0.4, 0.5) is 0 Å². The third-order valence-electron chi connectivity index (χ3n) is 5.83. The fraction of sp³-hybridized carbons (Fsp3) is 0.250. The molecule has 1 aliphatic heterocycles. The van der Waals surface area contributed by atoms with Crippen molar-refractivity contribution in [2.24, 2.45) is 4.99 Å². The molecule has 0 amide bonds. The van der Waals surface area contributed by atoms with Crippen molar-refractivity contribution in [1.82, 2.24) is 4.57 Å². The maximum absolute atomic E-state index is 13.9. The van der Waals surface area contributed by atoms with Crippen LogP contribution >= 0.6 is 27.3 Å². The summed E-state index contributed by atoms with van der Waals surface area (Å²) in [5.74, 6) is 3.40. The largest absolute Gasteiger partial charge is 0.493 e. The van der Waals surface area contributed by atoms with Crippen molar-refractivity contribution in [3.63, 3.8) is 0 Å². The van der Waals surface area contributed by atoms with Gasteiger partial charge in [0.05, 0.1) is 42.7 Å². The minimum Gasteiger partial charge on any atom is -0.493 e. The molecule has 0 saturated heterocycles. The van der Waals surface area contributed by atoms with Crippen molar-refractivity contribution in [3.05, 3.63) is 83.0 Å². The lowest BCUT2D eigenvalue weighted by Crippen LogP contribution is -2.40. The first-order valence-electron chi connectivity index (χ1n) is 11.6. The van der Waals surface area contributed by atoms with Crippen LogP contribution < -0.4 is 29.1 Å². The summed E-state index contributed by atoms with van der Waals surface area (Å²) in [7, 11) is 3.06. The van der Waals surface area contributed by atoms with Crippen LogP contribution in [0.3, 0.4) is 0 Å². The molecule has 0 fully saturated rings. The fourth-order valence-electron chi connectivity index (χ4n) is 4.16. The highest BCUT2D eigenvalue weighted by Crippen LogP contribution is 2.40. The Balaban J connectivity index is 1.99. The Morgan fingerprint density at radius 1 is 1.21 bits per heavy atom. The Morgan fingerprint density at radius 3 is 2.61 bits per heavy atom. The monoisotopic (exact) mass is 596 g/mol. The maximum atomic E-state index is 13.9. The molecule has 38 heavy (non-hydrogen) atoms.